The van der Waals surface area contributed by atoms with Gasteiger partial charge in [0.25, 0.3) is 0 Å². The molecule has 0 fully saturated rings. The van der Waals surface area contributed by atoms with Gasteiger partial charge < -0.3 is 32.7 Å². The fourth-order valence-corrected chi connectivity index (χ4v) is 2.38. The van der Waals surface area contributed by atoms with Crippen LogP contribution in [0.2, 0.25) is 0 Å². The normalized spacial score (nSPS) is 11.7. The second-order valence-electron chi connectivity index (χ2n) is 5.61. The summed E-state index contributed by atoms with van der Waals surface area (Å²) in [4.78, 5) is 5.00. The summed E-state index contributed by atoms with van der Waals surface area (Å²) in [5.41, 5.74) is 22.5. The molecule has 0 aromatic heterocycles. The van der Waals surface area contributed by atoms with Crippen LogP contribution in [0.1, 0.15) is 32.1 Å². The van der Waals surface area contributed by atoms with Gasteiger partial charge in [-0.3, -0.25) is 0 Å². The van der Waals surface area contributed by atoms with Crippen LogP contribution in [-0.4, -0.2) is 75.2 Å². The van der Waals surface area contributed by atoms with Crippen molar-refractivity contribution >= 4 is 0 Å². The number of nitrogens with two attached hydrogens (primary N) is 4. The Morgan fingerprint density at radius 1 is 0.381 bits per heavy atom. The molecule has 0 rings (SSSR count). The van der Waals surface area contributed by atoms with E-state index in [1.165, 1.54) is 6.42 Å². The van der Waals surface area contributed by atoms with Crippen LogP contribution in [0.25, 0.3) is 0 Å². The van der Waals surface area contributed by atoms with Crippen LogP contribution < -0.4 is 22.9 Å². The summed E-state index contributed by atoms with van der Waals surface area (Å²) in [5, 5.41) is 0. The van der Waals surface area contributed by atoms with E-state index in [2.05, 4.69) is 9.80 Å². The third-order valence-corrected chi connectivity index (χ3v) is 3.70. The van der Waals surface area contributed by atoms with E-state index in [9.17, 15) is 0 Å². The lowest BCUT2D eigenvalue weighted by Crippen LogP contribution is -2.38. The topological polar surface area (TPSA) is 111 Å². The first-order chi connectivity index (χ1) is 10.3. The largest absolute Gasteiger partial charge is 0.330 e. The molecule has 0 atom stereocenters. The first-order valence-electron chi connectivity index (χ1n) is 8.53. The number of nitrogens with zero attached hydrogens (tertiary/aromatic N) is 2. The quantitative estimate of drug-likeness (QED) is 0.283. The van der Waals surface area contributed by atoms with Gasteiger partial charge in [0, 0.05) is 13.1 Å². The first-order valence-corrected chi connectivity index (χ1v) is 8.53. The van der Waals surface area contributed by atoms with Crippen molar-refractivity contribution in [3.63, 3.8) is 0 Å². The highest BCUT2D eigenvalue weighted by Gasteiger charge is 2.08. The van der Waals surface area contributed by atoms with Crippen LogP contribution in [-0.2, 0) is 0 Å². The average molecular weight is 303 g/mol. The molecule has 0 unspecified atom stereocenters. The van der Waals surface area contributed by atoms with E-state index in [0.29, 0.717) is 0 Å². The highest BCUT2D eigenvalue weighted by molar-refractivity contribution is 4.65. The minimum absolute atomic E-state index is 0.756. The van der Waals surface area contributed by atoms with Crippen LogP contribution in [0, 0.1) is 0 Å². The lowest BCUT2D eigenvalue weighted by molar-refractivity contribution is 0.198. The molecule has 0 bridgehead atoms. The van der Waals surface area contributed by atoms with Gasteiger partial charge in [-0.2, -0.15) is 0 Å². The van der Waals surface area contributed by atoms with E-state index in [1.807, 2.05) is 0 Å². The smallest absolute Gasteiger partial charge is 0.0109 e. The van der Waals surface area contributed by atoms with Gasteiger partial charge in [-0.25, -0.2) is 0 Å². The molecule has 6 heteroatoms. The van der Waals surface area contributed by atoms with E-state index in [0.717, 1.165) is 91.1 Å². The Kier molecular flexibility index (Phi) is 16.0. The van der Waals surface area contributed by atoms with Gasteiger partial charge in [-0.15, -0.1) is 0 Å². The molecule has 0 spiro atoms. The van der Waals surface area contributed by atoms with Crippen LogP contribution in [0.15, 0.2) is 0 Å². The molecule has 0 amide bonds. The van der Waals surface area contributed by atoms with Gasteiger partial charge in [0.2, 0.25) is 0 Å². The van der Waals surface area contributed by atoms with Crippen molar-refractivity contribution in [1.82, 2.24) is 9.80 Å². The maximum absolute atomic E-state index is 5.63. The van der Waals surface area contributed by atoms with Gasteiger partial charge in [-0.1, -0.05) is 0 Å². The predicted molar refractivity (Wildman–Crippen MR) is 92.2 cm³/mol. The maximum atomic E-state index is 5.63. The van der Waals surface area contributed by atoms with Crippen LogP contribution in [0.5, 0.6) is 0 Å². The molecule has 0 heterocycles. The van der Waals surface area contributed by atoms with Crippen molar-refractivity contribution in [2.45, 2.75) is 32.1 Å². The van der Waals surface area contributed by atoms with Gasteiger partial charge >= 0.3 is 0 Å². The molecular weight excluding hydrogens is 264 g/mol. The maximum Gasteiger partial charge on any atom is 0.0109 e. The fraction of sp³-hybridized carbons (Fsp3) is 1.00. The Labute approximate surface area is 131 Å². The third-order valence-electron chi connectivity index (χ3n) is 3.70. The summed E-state index contributed by atoms with van der Waals surface area (Å²) in [6.07, 6.45) is 5.45. The van der Waals surface area contributed by atoms with Crippen molar-refractivity contribution in [1.29, 1.82) is 0 Å². The highest BCUT2D eigenvalue weighted by atomic mass is 15.2. The molecule has 128 valence electrons. The summed E-state index contributed by atoms with van der Waals surface area (Å²) in [6.45, 7) is 9.60. The Bertz CT molecular complexity index is 195. The van der Waals surface area contributed by atoms with Crippen molar-refractivity contribution in [3.8, 4) is 0 Å². The van der Waals surface area contributed by atoms with E-state index in [-0.39, 0.29) is 0 Å². The molecule has 0 radical (unpaired) electrons. The summed E-state index contributed by atoms with van der Waals surface area (Å²) in [6, 6.07) is 0. The van der Waals surface area contributed by atoms with Crippen LogP contribution >= 0.6 is 0 Å². The van der Waals surface area contributed by atoms with Gasteiger partial charge in [-0.05, 0) is 84.5 Å². The Hall–Kier alpha value is -0.240. The zero-order valence-electron chi connectivity index (χ0n) is 13.8. The molecule has 6 nitrogen and oxygen atoms in total. The fourth-order valence-electron chi connectivity index (χ4n) is 2.38. The van der Waals surface area contributed by atoms with Gasteiger partial charge in [0.05, 0.1) is 0 Å². The number of hydrogen-bond acceptors (Lipinski definition) is 6. The number of hydrogen-bond donors (Lipinski definition) is 4. The molecule has 0 aromatic carbocycles. The van der Waals surface area contributed by atoms with Crippen molar-refractivity contribution in [2.24, 2.45) is 22.9 Å². The lowest BCUT2D eigenvalue weighted by atomic mass is 10.2. The van der Waals surface area contributed by atoms with Gasteiger partial charge in [0.1, 0.15) is 0 Å². The van der Waals surface area contributed by atoms with Crippen LogP contribution in [0.3, 0.4) is 0 Å². The SMILES string of the molecule is NCCCCN(CCCN)CCN(CCCN)CCCN. The minimum Gasteiger partial charge on any atom is -0.330 e. The standard InChI is InChI=1S/C15H38N6/c16-6-1-2-10-20(11-3-7-17)14-15-21(12-4-8-18)13-5-9-19/h1-19H2. The molecule has 0 aliphatic heterocycles. The van der Waals surface area contributed by atoms with E-state index >= 15 is 0 Å². The Morgan fingerprint density at radius 3 is 1.05 bits per heavy atom. The molecule has 0 aliphatic rings. The zero-order chi connectivity index (χ0) is 15.8. The molecule has 0 aromatic rings. The summed E-state index contributed by atoms with van der Waals surface area (Å²) in [7, 11) is 0. The van der Waals surface area contributed by atoms with E-state index in [1.54, 1.807) is 0 Å². The minimum atomic E-state index is 0.756. The van der Waals surface area contributed by atoms with Crippen molar-refractivity contribution in [2.75, 3.05) is 65.4 Å². The summed E-state index contributed by atoms with van der Waals surface area (Å²) in [5.74, 6) is 0. The molecule has 0 saturated carbocycles. The van der Waals surface area contributed by atoms with E-state index in [4.69, 9.17) is 22.9 Å². The lowest BCUT2D eigenvalue weighted by Gasteiger charge is -2.27. The molecule has 0 saturated heterocycles. The number of rotatable bonds is 16. The number of unbranched alkanes of at least 4 members (excludes halogenated alkanes) is 1. The average Bonchev–Trinajstić information content (AvgIpc) is 2.51. The summed E-state index contributed by atoms with van der Waals surface area (Å²) >= 11 is 0. The second kappa shape index (κ2) is 16.1. The van der Waals surface area contributed by atoms with Crippen molar-refractivity contribution in [3.05, 3.63) is 0 Å². The van der Waals surface area contributed by atoms with Gasteiger partial charge in [0.15, 0.2) is 0 Å². The van der Waals surface area contributed by atoms with E-state index < -0.39 is 0 Å². The Morgan fingerprint density at radius 2 is 0.714 bits per heavy atom. The molecular formula is C15H38N6. The zero-order valence-corrected chi connectivity index (χ0v) is 13.8. The molecule has 21 heavy (non-hydrogen) atoms. The first kappa shape index (κ1) is 20.8. The van der Waals surface area contributed by atoms with Crippen LogP contribution in [0.4, 0.5) is 0 Å². The molecule has 8 N–H and O–H groups in total. The molecule has 0 aliphatic carbocycles. The second-order valence-corrected chi connectivity index (χ2v) is 5.61. The Balaban J connectivity index is 4.08. The monoisotopic (exact) mass is 302 g/mol. The third kappa shape index (κ3) is 13.2. The van der Waals surface area contributed by atoms with Crippen molar-refractivity contribution < 1.29 is 0 Å². The summed E-state index contributed by atoms with van der Waals surface area (Å²) < 4.78 is 0. The predicted octanol–water partition coefficient (Wildman–Crippen LogP) is -0.624. The highest BCUT2D eigenvalue weighted by Crippen LogP contribution is 2.00.